The molecule has 0 aliphatic rings. The third kappa shape index (κ3) is 3.47. The number of carbonyl (C=O) groups is 1. The Labute approximate surface area is 146 Å². The van der Waals surface area contributed by atoms with E-state index in [4.69, 9.17) is 9.47 Å². The number of nitrogens with one attached hydrogen (secondary N) is 1. The van der Waals surface area contributed by atoms with Crippen LogP contribution in [0.15, 0.2) is 54.6 Å². The molecule has 0 saturated heterocycles. The highest BCUT2D eigenvalue weighted by molar-refractivity contribution is 6.06. The highest BCUT2D eigenvalue weighted by Crippen LogP contribution is 2.25. The molecule has 6 nitrogen and oxygen atoms in total. The van der Waals surface area contributed by atoms with Crippen LogP contribution in [0.4, 0.5) is 5.82 Å². The number of aryl methyl sites for hydroxylation is 1. The number of nitrogens with zero attached hydrogens (tertiary/aromatic N) is 2. The summed E-state index contributed by atoms with van der Waals surface area (Å²) in [4.78, 5) is 12.8. The second-order valence-corrected chi connectivity index (χ2v) is 5.44. The van der Waals surface area contributed by atoms with E-state index in [9.17, 15) is 4.79 Å². The zero-order valence-electron chi connectivity index (χ0n) is 14.3. The molecule has 128 valence electrons. The Hall–Kier alpha value is -3.28. The van der Waals surface area contributed by atoms with E-state index >= 15 is 0 Å². The summed E-state index contributed by atoms with van der Waals surface area (Å²) in [5.74, 6) is 1.34. The Morgan fingerprint density at radius 1 is 1.04 bits per heavy atom. The molecule has 1 N–H and O–H groups in total. The minimum atomic E-state index is -0.298. The quantitative estimate of drug-likeness (QED) is 0.774. The van der Waals surface area contributed by atoms with Gasteiger partial charge in [-0.05, 0) is 37.3 Å². The fourth-order valence-electron chi connectivity index (χ4n) is 2.53. The minimum absolute atomic E-state index is 0.298. The van der Waals surface area contributed by atoms with E-state index in [2.05, 4.69) is 10.4 Å². The SMILES string of the molecule is COc1ccc(OC)c(C(=O)Nc2cc(C)nn2-c2ccccc2)c1. The van der Waals surface area contributed by atoms with Crippen molar-refractivity contribution in [3.8, 4) is 17.2 Å². The molecule has 1 heterocycles. The molecule has 6 heteroatoms. The summed E-state index contributed by atoms with van der Waals surface area (Å²) >= 11 is 0. The molecular formula is C19H19N3O3. The fraction of sp³-hybridized carbons (Fsp3) is 0.158. The average Bonchev–Trinajstić information content (AvgIpc) is 3.02. The van der Waals surface area contributed by atoms with Crippen molar-refractivity contribution in [2.24, 2.45) is 0 Å². The van der Waals surface area contributed by atoms with Gasteiger partial charge in [0.05, 0.1) is 31.2 Å². The van der Waals surface area contributed by atoms with Gasteiger partial charge in [0.2, 0.25) is 0 Å². The monoisotopic (exact) mass is 337 g/mol. The van der Waals surface area contributed by atoms with Crippen molar-refractivity contribution in [1.29, 1.82) is 0 Å². The lowest BCUT2D eigenvalue weighted by atomic mass is 10.1. The zero-order valence-corrected chi connectivity index (χ0v) is 14.3. The summed E-state index contributed by atoms with van der Waals surface area (Å²) in [6, 6.07) is 16.5. The van der Waals surface area contributed by atoms with Crippen LogP contribution in [0.25, 0.3) is 5.69 Å². The lowest BCUT2D eigenvalue weighted by molar-refractivity contribution is 0.102. The Morgan fingerprint density at radius 3 is 2.48 bits per heavy atom. The Kier molecular flexibility index (Phi) is 4.70. The van der Waals surface area contributed by atoms with E-state index in [-0.39, 0.29) is 5.91 Å². The molecule has 3 aromatic rings. The van der Waals surface area contributed by atoms with Gasteiger partial charge in [0, 0.05) is 6.07 Å². The number of hydrogen-bond donors (Lipinski definition) is 1. The largest absolute Gasteiger partial charge is 0.497 e. The normalized spacial score (nSPS) is 10.4. The molecule has 0 atom stereocenters. The van der Waals surface area contributed by atoms with E-state index in [1.807, 2.05) is 43.3 Å². The Balaban J connectivity index is 1.95. The zero-order chi connectivity index (χ0) is 17.8. The first-order chi connectivity index (χ1) is 12.1. The van der Waals surface area contributed by atoms with Crippen molar-refractivity contribution >= 4 is 11.7 Å². The minimum Gasteiger partial charge on any atom is -0.497 e. The van der Waals surface area contributed by atoms with E-state index in [1.165, 1.54) is 7.11 Å². The van der Waals surface area contributed by atoms with Gasteiger partial charge in [0.15, 0.2) is 0 Å². The number of amides is 1. The number of rotatable bonds is 5. The molecule has 1 amide bonds. The van der Waals surface area contributed by atoms with Gasteiger partial charge in [0.1, 0.15) is 17.3 Å². The number of methoxy groups -OCH3 is 2. The molecule has 0 aliphatic carbocycles. The van der Waals surface area contributed by atoms with Crippen LogP contribution in [-0.4, -0.2) is 29.9 Å². The van der Waals surface area contributed by atoms with Crippen LogP contribution >= 0.6 is 0 Å². The lowest BCUT2D eigenvalue weighted by Gasteiger charge is -2.12. The molecule has 25 heavy (non-hydrogen) atoms. The number of ether oxygens (including phenoxy) is 2. The van der Waals surface area contributed by atoms with Crippen LogP contribution < -0.4 is 14.8 Å². The molecule has 0 spiro atoms. The van der Waals surface area contributed by atoms with Crippen molar-refractivity contribution in [3.63, 3.8) is 0 Å². The second-order valence-electron chi connectivity index (χ2n) is 5.44. The molecule has 0 saturated carbocycles. The summed E-state index contributed by atoms with van der Waals surface area (Å²) in [5, 5.41) is 7.35. The van der Waals surface area contributed by atoms with Gasteiger partial charge >= 0.3 is 0 Å². The number of hydrogen-bond acceptors (Lipinski definition) is 4. The summed E-state index contributed by atoms with van der Waals surface area (Å²) < 4.78 is 12.2. The number of para-hydroxylation sites is 1. The van der Waals surface area contributed by atoms with Crippen molar-refractivity contribution in [1.82, 2.24) is 9.78 Å². The van der Waals surface area contributed by atoms with Gasteiger partial charge < -0.3 is 14.8 Å². The van der Waals surface area contributed by atoms with Crippen LogP contribution in [0.2, 0.25) is 0 Å². The van der Waals surface area contributed by atoms with Crippen LogP contribution in [-0.2, 0) is 0 Å². The summed E-state index contributed by atoms with van der Waals surface area (Å²) in [5.41, 5.74) is 2.06. The van der Waals surface area contributed by atoms with Gasteiger partial charge in [-0.3, -0.25) is 4.79 Å². The number of aromatic nitrogens is 2. The topological polar surface area (TPSA) is 65.4 Å². The molecule has 0 radical (unpaired) electrons. The van der Waals surface area contributed by atoms with E-state index in [0.717, 1.165) is 11.4 Å². The first-order valence-corrected chi connectivity index (χ1v) is 7.78. The predicted octanol–water partition coefficient (Wildman–Crippen LogP) is 3.45. The van der Waals surface area contributed by atoms with Crippen LogP contribution in [0.1, 0.15) is 16.1 Å². The van der Waals surface area contributed by atoms with Crippen molar-refractivity contribution < 1.29 is 14.3 Å². The molecule has 0 aliphatic heterocycles. The predicted molar refractivity (Wildman–Crippen MR) is 95.8 cm³/mol. The van der Waals surface area contributed by atoms with Gasteiger partial charge in [0.25, 0.3) is 5.91 Å². The molecular weight excluding hydrogens is 318 g/mol. The molecule has 0 bridgehead atoms. The number of carbonyl (C=O) groups excluding carboxylic acids is 1. The maximum absolute atomic E-state index is 12.8. The fourth-order valence-corrected chi connectivity index (χ4v) is 2.53. The van der Waals surface area contributed by atoms with Crippen molar-refractivity contribution in [2.45, 2.75) is 6.92 Å². The van der Waals surface area contributed by atoms with Gasteiger partial charge in [-0.1, -0.05) is 18.2 Å². The van der Waals surface area contributed by atoms with Crippen LogP contribution in [0, 0.1) is 6.92 Å². The average molecular weight is 337 g/mol. The van der Waals surface area contributed by atoms with Gasteiger partial charge in [-0.25, -0.2) is 4.68 Å². The third-order valence-electron chi connectivity index (χ3n) is 3.73. The van der Waals surface area contributed by atoms with E-state index in [0.29, 0.717) is 22.9 Å². The summed E-state index contributed by atoms with van der Waals surface area (Å²) in [6.45, 7) is 1.88. The maximum atomic E-state index is 12.8. The summed E-state index contributed by atoms with van der Waals surface area (Å²) in [6.07, 6.45) is 0. The first kappa shape index (κ1) is 16.6. The van der Waals surface area contributed by atoms with Crippen LogP contribution in [0.5, 0.6) is 11.5 Å². The number of anilines is 1. The standard InChI is InChI=1S/C19H19N3O3/c1-13-11-18(22(21-13)14-7-5-4-6-8-14)20-19(23)16-12-15(24-2)9-10-17(16)25-3/h4-12H,1-3H3,(H,20,23). The molecule has 0 unspecified atom stereocenters. The highest BCUT2D eigenvalue weighted by Gasteiger charge is 2.17. The molecule has 3 rings (SSSR count). The van der Waals surface area contributed by atoms with Crippen molar-refractivity contribution in [3.05, 3.63) is 65.9 Å². The van der Waals surface area contributed by atoms with Crippen molar-refractivity contribution in [2.75, 3.05) is 19.5 Å². The maximum Gasteiger partial charge on any atom is 0.260 e. The number of benzene rings is 2. The summed E-state index contributed by atoms with van der Waals surface area (Å²) in [7, 11) is 3.08. The smallest absolute Gasteiger partial charge is 0.260 e. The van der Waals surface area contributed by atoms with Crippen LogP contribution in [0.3, 0.4) is 0 Å². The Morgan fingerprint density at radius 2 is 1.80 bits per heavy atom. The molecule has 0 fully saturated rings. The van der Waals surface area contributed by atoms with E-state index < -0.39 is 0 Å². The van der Waals surface area contributed by atoms with E-state index in [1.54, 1.807) is 30.0 Å². The lowest BCUT2D eigenvalue weighted by Crippen LogP contribution is -2.16. The van der Waals surface area contributed by atoms with Gasteiger partial charge in [-0.15, -0.1) is 0 Å². The molecule has 1 aromatic heterocycles. The Bertz CT molecular complexity index is 888. The first-order valence-electron chi connectivity index (χ1n) is 7.78. The highest BCUT2D eigenvalue weighted by atomic mass is 16.5. The second kappa shape index (κ2) is 7.09. The third-order valence-corrected chi connectivity index (χ3v) is 3.73. The van der Waals surface area contributed by atoms with Gasteiger partial charge in [-0.2, -0.15) is 5.10 Å². The molecule has 2 aromatic carbocycles.